The van der Waals surface area contributed by atoms with Crippen LogP contribution in [-0.4, -0.2) is 34.7 Å². The number of hydrogen-bond donors (Lipinski definition) is 0. The van der Waals surface area contributed by atoms with Crippen LogP contribution in [0, 0.1) is 18.6 Å². The van der Waals surface area contributed by atoms with Crippen LogP contribution in [-0.2, 0) is 31.3 Å². The van der Waals surface area contributed by atoms with E-state index in [4.69, 9.17) is 14.6 Å². The summed E-state index contributed by atoms with van der Waals surface area (Å²) >= 11 is 3.43. The minimum Gasteiger partial charge on any atom is -0.466 e. The molecule has 0 spiro atoms. The molecule has 1 atom stereocenters. The fourth-order valence-corrected chi connectivity index (χ4v) is 8.15. The monoisotopic (exact) mass is 801 g/mol. The Morgan fingerprint density at radius 3 is 2.53 bits per heavy atom. The highest BCUT2D eigenvalue weighted by atomic mass is 79.9. The number of alkyl halides is 1. The molecule has 274 valence electrons. The second kappa shape index (κ2) is 16.3. The molecule has 2 aromatic heterocycles. The summed E-state index contributed by atoms with van der Waals surface area (Å²) in [5.41, 5.74) is 3.93. The normalized spacial score (nSPS) is 12.2. The third-order valence-corrected chi connectivity index (χ3v) is 11.2. The van der Waals surface area contributed by atoms with Crippen molar-refractivity contribution in [2.45, 2.75) is 55.8 Å². The third-order valence-electron chi connectivity index (χ3n) is 8.95. The van der Waals surface area contributed by atoms with Gasteiger partial charge in [0.05, 0.1) is 28.8 Å². The van der Waals surface area contributed by atoms with Crippen molar-refractivity contribution >= 4 is 42.8 Å². The molecule has 0 saturated carbocycles. The summed E-state index contributed by atoms with van der Waals surface area (Å²) in [6, 6.07) is 22.7. The van der Waals surface area contributed by atoms with Gasteiger partial charge in [-0.3, -0.25) is 9.48 Å². The third kappa shape index (κ3) is 8.13. The van der Waals surface area contributed by atoms with E-state index in [-0.39, 0.29) is 51.2 Å². The first-order valence-electron chi connectivity index (χ1n) is 17.1. The second-order valence-corrected chi connectivity index (χ2v) is 14.9. The van der Waals surface area contributed by atoms with Gasteiger partial charge in [0.1, 0.15) is 11.6 Å². The number of carbonyl (C=O) groups excluding carboxylic acids is 1. The molecular formula is C41H38BrF2N3O5S. The van der Waals surface area contributed by atoms with Gasteiger partial charge in [0.25, 0.3) is 10.0 Å². The van der Waals surface area contributed by atoms with Crippen molar-refractivity contribution in [1.82, 2.24) is 13.8 Å². The van der Waals surface area contributed by atoms with Crippen molar-refractivity contribution < 1.29 is 31.5 Å². The highest BCUT2D eigenvalue weighted by molar-refractivity contribution is 9.08. The Balaban J connectivity index is 1.29. The number of carbonyl (C=O) groups is 1. The SMILES string of the molecule is C=CCCC(c1cccc(CCC(=O)OCC)c1)n1ccc(-c2cc(Oc3c(F)cc4c(ccn4S(=O)(=O)c4ccc(C)cc4)c3CBr)ccc2F)n1. The Bertz CT molecular complexity index is 2390. The van der Waals surface area contributed by atoms with Crippen molar-refractivity contribution in [1.29, 1.82) is 0 Å². The quantitative estimate of drug-likeness (QED) is 0.0583. The summed E-state index contributed by atoms with van der Waals surface area (Å²) in [5, 5.41) is 5.40. The average molecular weight is 803 g/mol. The second-order valence-electron chi connectivity index (χ2n) is 12.5. The van der Waals surface area contributed by atoms with Crippen LogP contribution < -0.4 is 4.74 Å². The maximum absolute atomic E-state index is 15.9. The Morgan fingerprint density at radius 1 is 1.00 bits per heavy atom. The Hall–Kier alpha value is -5.07. The minimum atomic E-state index is -4.01. The molecule has 6 rings (SSSR count). The van der Waals surface area contributed by atoms with E-state index in [9.17, 15) is 13.2 Å². The number of nitrogens with zero attached hydrogens (tertiary/aromatic N) is 3. The van der Waals surface area contributed by atoms with Gasteiger partial charge >= 0.3 is 5.97 Å². The van der Waals surface area contributed by atoms with Crippen LogP contribution in [0.25, 0.3) is 22.2 Å². The van der Waals surface area contributed by atoms with E-state index >= 15 is 8.78 Å². The van der Waals surface area contributed by atoms with Crippen molar-refractivity contribution in [2.24, 2.45) is 0 Å². The Morgan fingerprint density at radius 2 is 1.79 bits per heavy atom. The van der Waals surface area contributed by atoms with Gasteiger partial charge in [-0.05, 0) is 86.7 Å². The highest BCUT2D eigenvalue weighted by Crippen LogP contribution is 2.39. The van der Waals surface area contributed by atoms with Crippen molar-refractivity contribution in [2.75, 3.05) is 6.61 Å². The zero-order valence-electron chi connectivity index (χ0n) is 29.3. The molecule has 0 bridgehead atoms. The molecule has 2 heterocycles. The zero-order chi connectivity index (χ0) is 37.7. The smallest absolute Gasteiger partial charge is 0.306 e. The molecule has 12 heteroatoms. The summed E-state index contributed by atoms with van der Waals surface area (Å²) < 4.78 is 72.3. The number of benzene rings is 4. The molecule has 0 fully saturated rings. The maximum atomic E-state index is 15.9. The first kappa shape index (κ1) is 37.7. The molecule has 6 aromatic rings. The molecule has 0 aliphatic heterocycles. The van der Waals surface area contributed by atoms with Crippen LogP contribution in [0.4, 0.5) is 8.78 Å². The van der Waals surface area contributed by atoms with Crippen LogP contribution in [0.5, 0.6) is 11.5 Å². The summed E-state index contributed by atoms with van der Waals surface area (Å²) in [4.78, 5) is 12.0. The van der Waals surface area contributed by atoms with Gasteiger partial charge in [-0.25, -0.2) is 21.2 Å². The predicted octanol–water partition coefficient (Wildman–Crippen LogP) is 10.1. The van der Waals surface area contributed by atoms with Crippen molar-refractivity contribution in [3.8, 4) is 22.8 Å². The van der Waals surface area contributed by atoms with Gasteiger partial charge < -0.3 is 9.47 Å². The van der Waals surface area contributed by atoms with Gasteiger partial charge in [0, 0.05) is 46.7 Å². The lowest BCUT2D eigenvalue weighted by atomic mass is 9.98. The topological polar surface area (TPSA) is 92.4 Å². The number of aromatic nitrogens is 3. The number of halogens is 3. The van der Waals surface area contributed by atoms with E-state index in [1.165, 1.54) is 36.5 Å². The molecule has 0 amide bonds. The molecule has 0 aliphatic rings. The van der Waals surface area contributed by atoms with Crippen molar-refractivity contribution in [3.63, 3.8) is 0 Å². The largest absolute Gasteiger partial charge is 0.466 e. The molecule has 0 radical (unpaired) electrons. The Labute approximate surface area is 315 Å². The molecule has 53 heavy (non-hydrogen) atoms. The van der Waals surface area contributed by atoms with Gasteiger partial charge in [-0.1, -0.05) is 64.0 Å². The summed E-state index contributed by atoms with van der Waals surface area (Å²) in [6.07, 6.45) is 7.21. The lowest BCUT2D eigenvalue weighted by Gasteiger charge is -2.19. The van der Waals surface area contributed by atoms with E-state index in [0.717, 1.165) is 26.7 Å². The van der Waals surface area contributed by atoms with Crippen LogP contribution >= 0.6 is 15.9 Å². The number of fused-ring (bicyclic) bond motifs is 1. The van der Waals surface area contributed by atoms with Crippen LogP contribution in [0.3, 0.4) is 0 Å². The van der Waals surface area contributed by atoms with Crippen LogP contribution in [0.1, 0.15) is 54.5 Å². The highest BCUT2D eigenvalue weighted by Gasteiger charge is 2.24. The number of aryl methyl sites for hydroxylation is 2. The van der Waals surface area contributed by atoms with E-state index in [1.54, 1.807) is 42.1 Å². The summed E-state index contributed by atoms with van der Waals surface area (Å²) in [6.45, 7) is 7.85. The maximum Gasteiger partial charge on any atom is 0.306 e. The summed E-state index contributed by atoms with van der Waals surface area (Å²) in [7, 11) is -4.01. The van der Waals surface area contributed by atoms with Gasteiger partial charge in [0.2, 0.25) is 0 Å². The lowest BCUT2D eigenvalue weighted by molar-refractivity contribution is -0.143. The molecular weight excluding hydrogens is 764 g/mol. The fourth-order valence-electron chi connectivity index (χ4n) is 6.25. The number of allylic oxidation sites excluding steroid dienone is 1. The first-order chi connectivity index (χ1) is 25.5. The molecule has 0 saturated heterocycles. The summed E-state index contributed by atoms with van der Waals surface area (Å²) in [5.74, 6) is -1.52. The number of hydrogen-bond acceptors (Lipinski definition) is 6. The molecule has 8 nitrogen and oxygen atoms in total. The van der Waals surface area contributed by atoms with E-state index in [0.29, 0.717) is 42.5 Å². The number of esters is 1. The first-order valence-corrected chi connectivity index (χ1v) is 19.7. The molecule has 0 N–H and O–H groups in total. The average Bonchev–Trinajstić information content (AvgIpc) is 3.81. The number of rotatable bonds is 15. The van der Waals surface area contributed by atoms with E-state index in [2.05, 4.69) is 22.5 Å². The zero-order valence-corrected chi connectivity index (χ0v) is 31.7. The molecule has 4 aromatic carbocycles. The predicted molar refractivity (Wildman–Crippen MR) is 205 cm³/mol. The van der Waals surface area contributed by atoms with E-state index in [1.807, 2.05) is 37.3 Å². The Kier molecular flexibility index (Phi) is 11.6. The van der Waals surface area contributed by atoms with Gasteiger partial charge in [0.15, 0.2) is 11.6 Å². The van der Waals surface area contributed by atoms with E-state index < -0.39 is 21.7 Å². The van der Waals surface area contributed by atoms with Gasteiger partial charge in [-0.2, -0.15) is 5.10 Å². The minimum absolute atomic E-state index is 0.0783. The van der Waals surface area contributed by atoms with Crippen molar-refractivity contribution in [3.05, 3.63) is 144 Å². The lowest BCUT2D eigenvalue weighted by Crippen LogP contribution is -2.12. The molecule has 0 aliphatic carbocycles. The standard InChI is InChI=1S/C41H38BrF2N3O5S/c1-4-6-10-38(29-9-7-8-28(23-29)13-18-40(48)51-5-2)46-21-20-37(45-46)33-24-30(14-17-35(33)43)52-41-34(26-42)32-19-22-47(39(32)25-36(41)44)53(49,50)31-15-11-27(3)12-16-31/h4,7-9,11-12,14-17,19-25,38H,1,5-6,10,13,18,26H2,2-3H3. The van der Waals surface area contributed by atoms with Gasteiger partial charge in [-0.15, -0.1) is 6.58 Å². The van der Waals surface area contributed by atoms with Crippen LogP contribution in [0.15, 0.2) is 115 Å². The fraction of sp³-hybridized carbons (Fsp3) is 0.220. The molecule has 1 unspecified atom stereocenters. The van der Waals surface area contributed by atoms with Crippen LogP contribution in [0.2, 0.25) is 0 Å². The number of ether oxygens (including phenoxy) is 2.